The molecule has 4 nitrogen and oxygen atoms in total. The number of anilines is 1. The number of piperazine rings is 1. The number of nitrogens with one attached hydrogen (secondary N) is 1. The Labute approximate surface area is 143 Å². The summed E-state index contributed by atoms with van der Waals surface area (Å²) in [7, 11) is 0. The van der Waals surface area contributed by atoms with Crippen molar-refractivity contribution in [3.63, 3.8) is 0 Å². The molecule has 0 radical (unpaired) electrons. The molecular formula is C18H26ClN3O. The molecule has 0 aliphatic carbocycles. The number of carbonyl (C=O) groups is 1. The van der Waals surface area contributed by atoms with Gasteiger partial charge in [0.2, 0.25) is 5.91 Å². The maximum absolute atomic E-state index is 12.4. The van der Waals surface area contributed by atoms with Gasteiger partial charge in [-0.15, -0.1) is 0 Å². The molecule has 23 heavy (non-hydrogen) atoms. The van der Waals surface area contributed by atoms with E-state index in [2.05, 4.69) is 22.3 Å². The van der Waals surface area contributed by atoms with Gasteiger partial charge in [0.25, 0.3) is 0 Å². The zero-order chi connectivity index (χ0) is 16.1. The Morgan fingerprint density at radius 2 is 1.74 bits per heavy atom. The topological polar surface area (TPSA) is 35.6 Å². The minimum atomic E-state index is 0.333. The lowest BCUT2D eigenvalue weighted by Gasteiger charge is -2.36. The molecule has 0 bridgehead atoms. The van der Waals surface area contributed by atoms with Crippen LogP contribution in [0.2, 0.25) is 5.02 Å². The normalized spacial score (nSPS) is 19.9. The lowest BCUT2D eigenvalue weighted by atomic mass is 9.93. The van der Waals surface area contributed by atoms with Crippen LogP contribution >= 0.6 is 11.6 Å². The first kappa shape index (κ1) is 16.6. The van der Waals surface area contributed by atoms with Crippen LogP contribution in [0.15, 0.2) is 24.3 Å². The highest BCUT2D eigenvalue weighted by Gasteiger charge is 2.22. The van der Waals surface area contributed by atoms with Crippen molar-refractivity contribution in [3.8, 4) is 0 Å². The lowest BCUT2D eigenvalue weighted by Crippen LogP contribution is -2.48. The van der Waals surface area contributed by atoms with Crippen LogP contribution in [0, 0.1) is 5.92 Å². The second kappa shape index (κ2) is 8.02. The van der Waals surface area contributed by atoms with Gasteiger partial charge in [-0.05, 0) is 62.5 Å². The zero-order valence-electron chi connectivity index (χ0n) is 13.6. The molecule has 3 rings (SSSR count). The third-order valence-corrected chi connectivity index (χ3v) is 5.30. The van der Waals surface area contributed by atoms with E-state index in [9.17, 15) is 4.79 Å². The highest BCUT2D eigenvalue weighted by Crippen LogP contribution is 2.21. The van der Waals surface area contributed by atoms with Crippen LogP contribution < -0.4 is 10.2 Å². The van der Waals surface area contributed by atoms with Crippen molar-refractivity contribution in [2.45, 2.75) is 25.7 Å². The van der Waals surface area contributed by atoms with E-state index in [-0.39, 0.29) is 0 Å². The third-order valence-electron chi connectivity index (χ3n) is 5.05. The first-order valence-corrected chi connectivity index (χ1v) is 9.09. The van der Waals surface area contributed by atoms with Gasteiger partial charge in [-0.25, -0.2) is 0 Å². The largest absolute Gasteiger partial charge is 0.368 e. The number of rotatable bonds is 4. The van der Waals surface area contributed by atoms with Gasteiger partial charge < -0.3 is 15.1 Å². The second-order valence-corrected chi connectivity index (χ2v) is 7.01. The average molecular weight is 336 g/mol. The van der Waals surface area contributed by atoms with Crippen molar-refractivity contribution in [3.05, 3.63) is 29.3 Å². The first-order valence-electron chi connectivity index (χ1n) is 8.71. The van der Waals surface area contributed by atoms with Crippen LogP contribution in [0.25, 0.3) is 0 Å². The van der Waals surface area contributed by atoms with Crippen molar-refractivity contribution in [2.24, 2.45) is 5.92 Å². The fraction of sp³-hybridized carbons (Fsp3) is 0.611. The summed E-state index contributed by atoms with van der Waals surface area (Å²) in [6.07, 6.45) is 4.21. The standard InChI is InChI=1S/C18H26ClN3O/c19-16-2-4-17(5-3-16)21-11-13-22(14-12-21)18(23)6-1-15-7-9-20-10-8-15/h2-5,15,20H,1,6-14H2. The molecule has 126 valence electrons. The monoisotopic (exact) mass is 335 g/mol. The van der Waals surface area contributed by atoms with Gasteiger partial charge in [0.15, 0.2) is 0 Å². The van der Waals surface area contributed by atoms with Crippen LogP contribution in [-0.4, -0.2) is 50.1 Å². The summed E-state index contributed by atoms with van der Waals surface area (Å²) >= 11 is 5.94. The zero-order valence-corrected chi connectivity index (χ0v) is 14.4. The van der Waals surface area contributed by atoms with Gasteiger partial charge >= 0.3 is 0 Å². The Morgan fingerprint density at radius 1 is 1.09 bits per heavy atom. The highest BCUT2D eigenvalue weighted by molar-refractivity contribution is 6.30. The Hall–Kier alpha value is -1.26. The molecule has 1 aromatic carbocycles. The second-order valence-electron chi connectivity index (χ2n) is 6.58. The summed E-state index contributed by atoms with van der Waals surface area (Å²) < 4.78 is 0. The lowest BCUT2D eigenvalue weighted by molar-refractivity contribution is -0.131. The average Bonchev–Trinajstić information content (AvgIpc) is 2.61. The van der Waals surface area contributed by atoms with Gasteiger partial charge in [-0.1, -0.05) is 11.6 Å². The van der Waals surface area contributed by atoms with E-state index in [4.69, 9.17) is 11.6 Å². The smallest absolute Gasteiger partial charge is 0.222 e. The van der Waals surface area contributed by atoms with Crippen molar-refractivity contribution < 1.29 is 4.79 Å². The minimum absolute atomic E-state index is 0.333. The molecule has 1 aromatic rings. The van der Waals surface area contributed by atoms with Gasteiger partial charge in [0.05, 0.1) is 0 Å². The number of hydrogen-bond acceptors (Lipinski definition) is 3. The van der Waals surface area contributed by atoms with Crippen molar-refractivity contribution in [1.29, 1.82) is 0 Å². The minimum Gasteiger partial charge on any atom is -0.368 e. The Bertz CT molecular complexity index is 506. The summed E-state index contributed by atoms with van der Waals surface area (Å²) in [6.45, 7) is 5.68. The summed E-state index contributed by atoms with van der Waals surface area (Å²) in [4.78, 5) is 16.8. The molecule has 2 saturated heterocycles. The van der Waals surface area contributed by atoms with Crippen LogP contribution in [0.5, 0.6) is 0 Å². The van der Waals surface area contributed by atoms with E-state index in [0.29, 0.717) is 12.3 Å². The Kier molecular flexibility index (Phi) is 5.79. The van der Waals surface area contributed by atoms with Crippen molar-refractivity contribution in [2.75, 3.05) is 44.2 Å². The molecule has 1 amide bonds. The van der Waals surface area contributed by atoms with Crippen LogP contribution in [0.3, 0.4) is 0 Å². The molecule has 5 heteroatoms. The number of hydrogen-bond donors (Lipinski definition) is 1. The van der Waals surface area contributed by atoms with E-state index >= 15 is 0 Å². The van der Waals surface area contributed by atoms with Gasteiger partial charge in [0, 0.05) is 43.3 Å². The van der Waals surface area contributed by atoms with E-state index in [1.54, 1.807) is 0 Å². The van der Waals surface area contributed by atoms with Crippen molar-refractivity contribution in [1.82, 2.24) is 10.2 Å². The molecule has 0 atom stereocenters. The molecule has 0 spiro atoms. The molecular weight excluding hydrogens is 310 g/mol. The molecule has 2 aliphatic rings. The number of benzene rings is 1. The van der Waals surface area contributed by atoms with E-state index in [1.165, 1.54) is 18.5 Å². The number of amides is 1. The predicted molar refractivity (Wildman–Crippen MR) is 95.1 cm³/mol. The highest BCUT2D eigenvalue weighted by atomic mass is 35.5. The molecule has 2 fully saturated rings. The number of nitrogens with zero attached hydrogens (tertiary/aromatic N) is 2. The van der Waals surface area contributed by atoms with E-state index < -0.39 is 0 Å². The molecule has 2 aliphatic heterocycles. The number of carbonyl (C=O) groups excluding carboxylic acids is 1. The first-order chi connectivity index (χ1) is 11.2. The fourth-order valence-electron chi connectivity index (χ4n) is 3.52. The number of halogens is 1. The summed E-state index contributed by atoms with van der Waals surface area (Å²) in [5.41, 5.74) is 1.19. The third kappa shape index (κ3) is 4.61. The van der Waals surface area contributed by atoms with Crippen molar-refractivity contribution >= 4 is 23.2 Å². The van der Waals surface area contributed by atoms with Gasteiger partial charge in [-0.2, -0.15) is 0 Å². The Morgan fingerprint density at radius 3 is 2.39 bits per heavy atom. The predicted octanol–water partition coefficient (Wildman–Crippen LogP) is 2.77. The van der Waals surface area contributed by atoms with Crippen LogP contribution in [-0.2, 0) is 4.79 Å². The molecule has 0 aromatic heterocycles. The number of piperidine rings is 1. The summed E-state index contributed by atoms with van der Waals surface area (Å²) in [5.74, 6) is 1.06. The van der Waals surface area contributed by atoms with Crippen LogP contribution in [0.1, 0.15) is 25.7 Å². The van der Waals surface area contributed by atoms with Gasteiger partial charge in [0.1, 0.15) is 0 Å². The molecule has 0 unspecified atom stereocenters. The molecule has 0 saturated carbocycles. The van der Waals surface area contributed by atoms with E-state index in [0.717, 1.165) is 56.6 Å². The quantitative estimate of drug-likeness (QED) is 0.919. The fourth-order valence-corrected chi connectivity index (χ4v) is 3.65. The van der Waals surface area contributed by atoms with E-state index in [1.807, 2.05) is 17.0 Å². The summed E-state index contributed by atoms with van der Waals surface area (Å²) in [5, 5.41) is 4.14. The maximum atomic E-state index is 12.4. The van der Waals surface area contributed by atoms with Crippen LogP contribution in [0.4, 0.5) is 5.69 Å². The maximum Gasteiger partial charge on any atom is 0.222 e. The molecule has 2 heterocycles. The van der Waals surface area contributed by atoms with Gasteiger partial charge in [-0.3, -0.25) is 4.79 Å². The molecule has 1 N–H and O–H groups in total. The SMILES string of the molecule is O=C(CCC1CCNCC1)N1CCN(c2ccc(Cl)cc2)CC1. The summed E-state index contributed by atoms with van der Waals surface area (Å²) in [6, 6.07) is 7.95. The Balaban J connectivity index is 1.42.